The fourth-order valence-corrected chi connectivity index (χ4v) is 1.04. The van der Waals surface area contributed by atoms with Crippen molar-refractivity contribution >= 4 is 23.5 Å². The van der Waals surface area contributed by atoms with Crippen molar-refractivity contribution < 1.29 is 0 Å². The van der Waals surface area contributed by atoms with Crippen molar-refractivity contribution in [3.63, 3.8) is 0 Å². The molecule has 0 aliphatic carbocycles. The van der Waals surface area contributed by atoms with Crippen molar-refractivity contribution in [2.24, 2.45) is 5.14 Å². The van der Waals surface area contributed by atoms with Crippen LogP contribution in [0.3, 0.4) is 0 Å². The van der Waals surface area contributed by atoms with Crippen molar-refractivity contribution in [1.29, 1.82) is 0 Å². The SMILES string of the molecule is CNc1ccc(N)c(SN)n1. The summed E-state index contributed by atoms with van der Waals surface area (Å²) in [6.07, 6.45) is 0. The Morgan fingerprint density at radius 2 is 2.27 bits per heavy atom. The quantitative estimate of drug-likeness (QED) is 0.569. The molecule has 0 unspecified atom stereocenters. The standard InChI is InChI=1S/C6H10N4S/c1-9-5-3-2-4(7)6(10-5)11-8/h2-3H,7-8H2,1H3,(H,9,10). The van der Waals surface area contributed by atoms with Gasteiger partial charge in [-0.1, -0.05) is 0 Å². The van der Waals surface area contributed by atoms with E-state index in [0.717, 1.165) is 17.8 Å². The van der Waals surface area contributed by atoms with Crippen LogP contribution in [0, 0.1) is 0 Å². The third-order valence-electron chi connectivity index (χ3n) is 1.26. The summed E-state index contributed by atoms with van der Waals surface area (Å²) in [5.41, 5.74) is 6.17. The van der Waals surface area contributed by atoms with Gasteiger partial charge in [0.15, 0.2) is 0 Å². The van der Waals surface area contributed by atoms with Gasteiger partial charge in [-0.25, -0.2) is 4.98 Å². The van der Waals surface area contributed by atoms with Gasteiger partial charge in [-0.3, -0.25) is 5.14 Å². The van der Waals surface area contributed by atoms with E-state index in [0.29, 0.717) is 10.7 Å². The van der Waals surface area contributed by atoms with Gasteiger partial charge in [-0.15, -0.1) is 0 Å². The molecular formula is C6H10N4S. The first-order valence-corrected chi connectivity index (χ1v) is 3.97. The van der Waals surface area contributed by atoms with Gasteiger partial charge in [0.25, 0.3) is 0 Å². The predicted molar refractivity (Wildman–Crippen MR) is 48.2 cm³/mol. The molecule has 11 heavy (non-hydrogen) atoms. The molecule has 4 nitrogen and oxygen atoms in total. The molecule has 0 radical (unpaired) electrons. The Hall–Kier alpha value is -0.940. The van der Waals surface area contributed by atoms with Crippen LogP contribution in [-0.4, -0.2) is 12.0 Å². The van der Waals surface area contributed by atoms with E-state index in [1.807, 2.05) is 0 Å². The summed E-state index contributed by atoms with van der Waals surface area (Å²) in [5.74, 6) is 0.771. The van der Waals surface area contributed by atoms with Crippen LogP contribution in [0.1, 0.15) is 0 Å². The molecule has 1 aromatic heterocycles. The van der Waals surface area contributed by atoms with E-state index in [2.05, 4.69) is 10.3 Å². The molecule has 0 aromatic carbocycles. The van der Waals surface area contributed by atoms with Gasteiger partial charge in [0.1, 0.15) is 10.8 Å². The zero-order valence-electron chi connectivity index (χ0n) is 6.16. The number of hydrogen-bond acceptors (Lipinski definition) is 5. The summed E-state index contributed by atoms with van der Waals surface area (Å²) in [6.45, 7) is 0. The highest BCUT2D eigenvalue weighted by Crippen LogP contribution is 2.19. The molecule has 0 aliphatic rings. The molecule has 0 saturated carbocycles. The van der Waals surface area contributed by atoms with E-state index in [4.69, 9.17) is 10.9 Å². The molecule has 0 spiro atoms. The maximum Gasteiger partial charge on any atom is 0.136 e. The third-order valence-corrected chi connectivity index (χ3v) is 1.81. The second kappa shape index (κ2) is 3.45. The van der Waals surface area contributed by atoms with E-state index in [-0.39, 0.29) is 0 Å². The highest BCUT2D eigenvalue weighted by molar-refractivity contribution is 7.97. The van der Waals surface area contributed by atoms with Crippen molar-refractivity contribution in [1.82, 2.24) is 4.98 Å². The van der Waals surface area contributed by atoms with Gasteiger partial charge in [0.05, 0.1) is 5.69 Å². The molecule has 60 valence electrons. The van der Waals surface area contributed by atoms with Gasteiger partial charge < -0.3 is 11.1 Å². The maximum absolute atomic E-state index is 5.56. The molecule has 0 bridgehead atoms. The van der Waals surface area contributed by atoms with Crippen LogP contribution in [0.5, 0.6) is 0 Å². The number of rotatable bonds is 2. The van der Waals surface area contributed by atoms with E-state index in [1.165, 1.54) is 0 Å². The first-order chi connectivity index (χ1) is 5.27. The smallest absolute Gasteiger partial charge is 0.136 e. The lowest BCUT2D eigenvalue weighted by atomic mass is 10.4. The monoisotopic (exact) mass is 170 g/mol. The number of nitrogens with zero attached hydrogens (tertiary/aromatic N) is 1. The molecule has 5 heteroatoms. The van der Waals surface area contributed by atoms with Crippen LogP contribution in [0.25, 0.3) is 0 Å². The van der Waals surface area contributed by atoms with Gasteiger partial charge in [-0.2, -0.15) is 0 Å². The average molecular weight is 170 g/mol. The number of nitrogens with two attached hydrogens (primary N) is 2. The number of pyridine rings is 1. The highest BCUT2D eigenvalue weighted by atomic mass is 32.2. The number of aromatic nitrogens is 1. The van der Waals surface area contributed by atoms with E-state index >= 15 is 0 Å². The molecule has 0 aliphatic heterocycles. The molecule has 5 N–H and O–H groups in total. The molecule has 1 rings (SSSR count). The molecule has 1 aromatic rings. The predicted octanol–water partition coefficient (Wildman–Crippen LogP) is 0.671. The first kappa shape index (κ1) is 8.16. The largest absolute Gasteiger partial charge is 0.397 e. The molecule has 0 atom stereocenters. The van der Waals surface area contributed by atoms with Crippen molar-refractivity contribution in [2.45, 2.75) is 5.03 Å². The Bertz CT molecular complexity index is 250. The minimum atomic E-state index is 0.608. The Morgan fingerprint density at radius 3 is 2.82 bits per heavy atom. The van der Waals surface area contributed by atoms with Crippen LogP contribution in [0.15, 0.2) is 17.2 Å². The van der Waals surface area contributed by atoms with Crippen LogP contribution in [0.2, 0.25) is 0 Å². The number of hydrogen-bond donors (Lipinski definition) is 3. The summed E-state index contributed by atoms with van der Waals surface area (Å²) >= 11 is 1.05. The molecule has 0 amide bonds. The minimum Gasteiger partial charge on any atom is -0.397 e. The van der Waals surface area contributed by atoms with Crippen LogP contribution >= 0.6 is 11.9 Å². The van der Waals surface area contributed by atoms with Gasteiger partial charge in [0.2, 0.25) is 0 Å². The van der Waals surface area contributed by atoms with Gasteiger partial charge in [-0.05, 0) is 24.1 Å². The Labute approximate surface area is 69.5 Å². The number of anilines is 2. The average Bonchev–Trinajstić information content (AvgIpc) is 2.05. The second-order valence-corrected chi connectivity index (χ2v) is 2.58. The van der Waals surface area contributed by atoms with Crippen molar-refractivity contribution in [3.8, 4) is 0 Å². The first-order valence-electron chi connectivity index (χ1n) is 3.09. The van der Waals surface area contributed by atoms with Crippen molar-refractivity contribution in [3.05, 3.63) is 12.1 Å². The summed E-state index contributed by atoms with van der Waals surface area (Å²) in [4.78, 5) is 4.11. The van der Waals surface area contributed by atoms with E-state index < -0.39 is 0 Å². The molecule has 0 saturated heterocycles. The Kier molecular flexibility index (Phi) is 2.56. The number of nitrogen functional groups attached to an aromatic ring is 1. The summed E-state index contributed by atoms with van der Waals surface area (Å²) < 4.78 is 0. The lowest BCUT2D eigenvalue weighted by molar-refractivity contribution is 1.14. The molecular weight excluding hydrogens is 160 g/mol. The highest BCUT2D eigenvalue weighted by Gasteiger charge is 1.99. The Morgan fingerprint density at radius 1 is 1.55 bits per heavy atom. The zero-order chi connectivity index (χ0) is 8.27. The molecule has 1 heterocycles. The zero-order valence-corrected chi connectivity index (χ0v) is 6.98. The topological polar surface area (TPSA) is 77.0 Å². The summed E-state index contributed by atoms with van der Waals surface area (Å²) in [5, 5.41) is 8.86. The van der Waals surface area contributed by atoms with Crippen LogP contribution in [0.4, 0.5) is 11.5 Å². The Balaban J connectivity index is 3.02. The lowest BCUT2D eigenvalue weighted by Crippen LogP contribution is -1.98. The number of nitrogens with one attached hydrogen (secondary N) is 1. The van der Waals surface area contributed by atoms with Gasteiger partial charge >= 0.3 is 0 Å². The minimum absolute atomic E-state index is 0.608. The fraction of sp³-hybridized carbons (Fsp3) is 0.167. The summed E-state index contributed by atoms with van der Waals surface area (Å²) in [7, 11) is 1.80. The fourth-order valence-electron chi connectivity index (χ4n) is 0.685. The maximum atomic E-state index is 5.56. The van der Waals surface area contributed by atoms with Crippen LogP contribution < -0.4 is 16.2 Å². The van der Waals surface area contributed by atoms with Gasteiger partial charge in [0, 0.05) is 7.05 Å². The second-order valence-electron chi connectivity index (χ2n) is 1.96. The van der Waals surface area contributed by atoms with E-state index in [9.17, 15) is 0 Å². The van der Waals surface area contributed by atoms with Crippen molar-refractivity contribution in [2.75, 3.05) is 18.1 Å². The third kappa shape index (κ3) is 1.75. The molecule has 0 fully saturated rings. The summed E-state index contributed by atoms with van der Waals surface area (Å²) in [6, 6.07) is 3.57. The van der Waals surface area contributed by atoms with Crippen LogP contribution in [-0.2, 0) is 0 Å². The lowest BCUT2D eigenvalue weighted by Gasteiger charge is -2.03. The van der Waals surface area contributed by atoms with E-state index in [1.54, 1.807) is 19.2 Å². The normalized spacial score (nSPS) is 9.64.